The van der Waals surface area contributed by atoms with Crippen molar-refractivity contribution >= 4 is 38.0 Å². The maximum absolute atomic E-state index is 12.5. The third-order valence-electron chi connectivity index (χ3n) is 6.88. The molecule has 0 radical (unpaired) electrons. The van der Waals surface area contributed by atoms with E-state index in [1.54, 1.807) is 0 Å². The monoisotopic (exact) mass is 423 g/mol. The average Bonchev–Trinajstić information content (AvgIpc) is 3.18. The van der Waals surface area contributed by atoms with Gasteiger partial charge < -0.3 is 0 Å². The van der Waals surface area contributed by atoms with E-state index in [1.807, 2.05) is 54.6 Å². The summed E-state index contributed by atoms with van der Waals surface area (Å²) in [6.07, 6.45) is 0. The second-order valence-electron chi connectivity index (χ2n) is 8.54. The second-order valence-corrected chi connectivity index (χ2v) is 8.54. The number of nitro groups is 1. The van der Waals surface area contributed by atoms with E-state index in [0.29, 0.717) is 10.9 Å². The van der Waals surface area contributed by atoms with Crippen LogP contribution in [0.25, 0.3) is 65.7 Å². The van der Waals surface area contributed by atoms with E-state index in [-0.39, 0.29) is 10.6 Å². The van der Waals surface area contributed by atoms with Gasteiger partial charge in [0.2, 0.25) is 0 Å². The zero-order chi connectivity index (χ0) is 22.1. The van der Waals surface area contributed by atoms with Crippen LogP contribution in [0.5, 0.6) is 0 Å². The number of nitro benzene ring substituents is 1. The standard InChI is InChI=1S/C30H17NO2/c32-31(33)30-25-15-7-14-24-21-11-4-6-13-23(21)27(29(24)25)17-28(30)26-16-18-8-1-2-9-19(18)20-10-3-5-12-22(20)26/h1-17H. The number of hydrogen-bond donors (Lipinski definition) is 0. The molecule has 0 aliphatic heterocycles. The van der Waals surface area contributed by atoms with Gasteiger partial charge in [-0.25, -0.2) is 0 Å². The molecule has 0 aromatic heterocycles. The van der Waals surface area contributed by atoms with Crippen LogP contribution < -0.4 is 0 Å². The van der Waals surface area contributed by atoms with Gasteiger partial charge >= 0.3 is 0 Å². The highest BCUT2D eigenvalue weighted by molar-refractivity contribution is 6.22. The summed E-state index contributed by atoms with van der Waals surface area (Å²) < 4.78 is 0. The lowest BCUT2D eigenvalue weighted by Gasteiger charge is -2.14. The molecule has 1 aliphatic rings. The zero-order valence-electron chi connectivity index (χ0n) is 17.6. The molecule has 0 fully saturated rings. The van der Waals surface area contributed by atoms with Gasteiger partial charge in [-0.1, -0.05) is 84.9 Å². The van der Waals surface area contributed by atoms with Crippen molar-refractivity contribution in [3.63, 3.8) is 0 Å². The first-order chi connectivity index (χ1) is 16.2. The summed E-state index contributed by atoms with van der Waals surface area (Å²) in [7, 11) is 0. The highest BCUT2D eigenvalue weighted by Crippen LogP contribution is 2.52. The second kappa shape index (κ2) is 6.50. The van der Waals surface area contributed by atoms with Crippen LogP contribution in [0, 0.1) is 10.1 Å². The minimum Gasteiger partial charge on any atom is -0.258 e. The Morgan fingerprint density at radius 2 is 1.09 bits per heavy atom. The van der Waals surface area contributed by atoms with Crippen molar-refractivity contribution in [2.45, 2.75) is 0 Å². The molecule has 0 unspecified atom stereocenters. The van der Waals surface area contributed by atoms with E-state index in [9.17, 15) is 10.1 Å². The highest BCUT2D eigenvalue weighted by atomic mass is 16.6. The van der Waals surface area contributed by atoms with Crippen LogP contribution in [0.15, 0.2) is 103 Å². The lowest BCUT2D eigenvalue weighted by molar-refractivity contribution is -0.382. The summed E-state index contributed by atoms with van der Waals surface area (Å²) in [5.74, 6) is 0. The van der Waals surface area contributed by atoms with Gasteiger partial charge in [-0.3, -0.25) is 10.1 Å². The van der Waals surface area contributed by atoms with E-state index in [2.05, 4.69) is 48.5 Å². The summed E-state index contributed by atoms with van der Waals surface area (Å²) in [6, 6.07) is 34.7. The zero-order valence-corrected chi connectivity index (χ0v) is 17.6. The third-order valence-corrected chi connectivity index (χ3v) is 6.88. The van der Waals surface area contributed by atoms with E-state index in [1.165, 1.54) is 0 Å². The third kappa shape index (κ3) is 2.39. The number of rotatable bonds is 2. The highest BCUT2D eigenvalue weighted by Gasteiger charge is 2.29. The number of hydrogen-bond acceptors (Lipinski definition) is 2. The quantitative estimate of drug-likeness (QED) is 0.159. The maximum Gasteiger partial charge on any atom is 0.285 e. The first kappa shape index (κ1) is 18.1. The van der Waals surface area contributed by atoms with Crippen LogP contribution in [0.1, 0.15) is 0 Å². The fraction of sp³-hybridized carbons (Fsp3) is 0. The molecule has 3 heteroatoms. The van der Waals surface area contributed by atoms with Gasteiger partial charge in [-0.05, 0) is 67.6 Å². The van der Waals surface area contributed by atoms with Crippen LogP contribution in [0.4, 0.5) is 5.69 Å². The van der Waals surface area contributed by atoms with Crippen molar-refractivity contribution in [1.29, 1.82) is 0 Å². The Bertz CT molecular complexity index is 1800. The van der Waals surface area contributed by atoms with E-state index >= 15 is 0 Å². The molecular formula is C30H17NO2. The minimum absolute atomic E-state index is 0.170. The molecule has 7 rings (SSSR count). The summed E-state index contributed by atoms with van der Waals surface area (Å²) in [5, 5.41) is 18.5. The minimum atomic E-state index is -0.217. The van der Waals surface area contributed by atoms with Gasteiger partial charge in [0.15, 0.2) is 0 Å². The molecule has 0 atom stereocenters. The van der Waals surface area contributed by atoms with Gasteiger partial charge in [-0.2, -0.15) is 0 Å². The molecule has 0 heterocycles. The summed E-state index contributed by atoms with van der Waals surface area (Å²) in [6.45, 7) is 0. The normalized spacial score (nSPS) is 11.9. The van der Waals surface area contributed by atoms with Crippen LogP contribution in [0.3, 0.4) is 0 Å². The molecule has 0 saturated heterocycles. The predicted molar refractivity (Wildman–Crippen MR) is 135 cm³/mol. The Morgan fingerprint density at radius 3 is 1.88 bits per heavy atom. The Morgan fingerprint density at radius 1 is 0.485 bits per heavy atom. The maximum atomic E-state index is 12.5. The van der Waals surface area contributed by atoms with Crippen molar-refractivity contribution < 1.29 is 4.92 Å². The van der Waals surface area contributed by atoms with Crippen molar-refractivity contribution in [3.8, 4) is 33.4 Å². The van der Waals surface area contributed by atoms with Crippen LogP contribution >= 0.6 is 0 Å². The Kier molecular flexibility index (Phi) is 3.57. The molecule has 6 aromatic rings. The molecule has 1 aliphatic carbocycles. The van der Waals surface area contributed by atoms with Gasteiger partial charge in [0.25, 0.3) is 5.69 Å². The first-order valence-electron chi connectivity index (χ1n) is 11.0. The molecule has 0 saturated carbocycles. The lowest BCUT2D eigenvalue weighted by atomic mass is 9.89. The molecule has 0 spiro atoms. The molecule has 33 heavy (non-hydrogen) atoms. The van der Waals surface area contributed by atoms with Crippen molar-refractivity contribution in [1.82, 2.24) is 0 Å². The molecule has 0 amide bonds. The van der Waals surface area contributed by atoms with Gasteiger partial charge in [0.05, 0.1) is 15.9 Å². The number of nitrogens with zero attached hydrogens (tertiary/aromatic N) is 1. The summed E-state index contributed by atoms with van der Waals surface area (Å²) in [4.78, 5) is 12.3. The fourth-order valence-electron chi connectivity index (χ4n) is 5.54. The molecule has 3 nitrogen and oxygen atoms in total. The van der Waals surface area contributed by atoms with E-state index < -0.39 is 0 Å². The van der Waals surface area contributed by atoms with Gasteiger partial charge in [0.1, 0.15) is 0 Å². The van der Waals surface area contributed by atoms with E-state index in [0.717, 1.165) is 54.7 Å². The SMILES string of the molecule is O=[N+]([O-])c1c(-c2cc3ccccc3c3ccccc23)cc2c3c(cccc13)-c1ccccc1-2. The van der Waals surface area contributed by atoms with Crippen LogP contribution in [0.2, 0.25) is 0 Å². The van der Waals surface area contributed by atoms with Crippen molar-refractivity contribution in [3.05, 3.63) is 113 Å². The van der Waals surface area contributed by atoms with Gasteiger partial charge in [-0.15, -0.1) is 0 Å². The molecule has 0 N–H and O–H groups in total. The molecular weight excluding hydrogens is 406 g/mol. The summed E-state index contributed by atoms with van der Waals surface area (Å²) in [5.41, 5.74) is 6.12. The van der Waals surface area contributed by atoms with Crippen LogP contribution in [-0.2, 0) is 0 Å². The smallest absolute Gasteiger partial charge is 0.258 e. The molecule has 154 valence electrons. The first-order valence-corrected chi connectivity index (χ1v) is 11.0. The van der Waals surface area contributed by atoms with Crippen LogP contribution in [-0.4, -0.2) is 4.92 Å². The predicted octanol–water partition coefficient (Wildman–Crippen LogP) is 8.37. The largest absolute Gasteiger partial charge is 0.285 e. The molecule has 0 bridgehead atoms. The lowest BCUT2D eigenvalue weighted by Crippen LogP contribution is -1.96. The number of benzene rings is 6. The van der Waals surface area contributed by atoms with Crippen molar-refractivity contribution in [2.75, 3.05) is 0 Å². The fourth-order valence-corrected chi connectivity index (χ4v) is 5.54. The van der Waals surface area contributed by atoms with Crippen molar-refractivity contribution in [2.24, 2.45) is 0 Å². The topological polar surface area (TPSA) is 43.1 Å². The average molecular weight is 423 g/mol. The Balaban J connectivity index is 1.69. The molecule has 6 aromatic carbocycles. The van der Waals surface area contributed by atoms with Gasteiger partial charge in [0, 0.05) is 5.39 Å². The van der Waals surface area contributed by atoms with E-state index in [4.69, 9.17) is 0 Å². The summed E-state index contributed by atoms with van der Waals surface area (Å²) >= 11 is 0. The Labute approximate surface area is 189 Å². The number of fused-ring (bicyclic) bond motifs is 6. The Hall–Kier alpha value is -4.50.